The molecule has 1 atom stereocenters. The van der Waals surface area contributed by atoms with Crippen LogP contribution in [0.3, 0.4) is 0 Å². The number of aromatic nitrogens is 2. The molecule has 1 fully saturated rings. The van der Waals surface area contributed by atoms with Crippen molar-refractivity contribution < 1.29 is 17.7 Å². The largest absolute Gasteiger partial charge is 0.337 e. The molecule has 1 aromatic heterocycles. The number of likely N-dealkylation sites (tertiary alicyclic amines) is 1. The van der Waals surface area contributed by atoms with Crippen molar-refractivity contribution in [3.05, 3.63) is 35.7 Å². The Kier molecular flexibility index (Phi) is 4.87. The number of hydrogen-bond donors (Lipinski definition) is 1. The Morgan fingerprint density at radius 1 is 1.32 bits per heavy atom. The van der Waals surface area contributed by atoms with Crippen molar-refractivity contribution in [1.82, 2.24) is 19.8 Å². The molecule has 2 aromatic rings. The van der Waals surface area contributed by atoms with Gasteiger partial charge in [0, 0.05) is 30.3 Å². The zero-order valence-corrected chi connectivity index (χ0v) is 14.9. The number of carbonyl (C=O) groups is 1. The van der Waals surface area contributed by atoms with Gasteiger partial charge in [-0.3, -0.25) is 4.79 Å². The lowest BCUT2D eigenvalue weighted by atomic mass is 10.0. The van der Waals surface area contributed by atoms with Gasteiger partial charge in [0.05, 0.1) is 6.26 Å². The monoisotopic (exact) mass is 364 g/mol. The first-order valence-corrected chi connectivity index (χ1v) is 9.88. The number of nitrogens with zero attached hydrogens (tertiary/aromatic N) is 3. The predicted molar refractivity (Wildman–Crippen MR) is 91.4 cm³/mol. The second-order valence-corrected chi connectivity index (χ2v) is 7.98. The van der Waals surface area contributed by atoms with Gasteiger partial charge in [-0.1, -0.05) is 5.16 Å². The highest BCUT2D eigenvalue weighted by Crippen LogP contribution is 2.20. The van der Waals surface area contributed by atoms with Gasteiger partial charge in [-0.2, -0.15) is 4.98 Å². The molecule has 0 spiro atoms. The van der Waals surface area contributed by atoms with E-state index in [4.69, 9.17) is 4.52 Å². The molecule has 1 aliphatic rings. The van der Waals surface area contributed by atoms with Crippen LogP contribution in [0.15, 0.2) is 28.8 Å². The number of aryl methyl sites for hydroxylation is 1. The van der Waals surface area contributed by atoms with Gasteiger partial charge < -0.3 is 9.42 Å². The van der Waals surface area contributed by atoms with Crippen LogP contribution in [0.4, 0.5) is 0 Å². The van der Waals surface area contributed by atoms with E-state index < -0.39 is 10.0 Å². The van der Waals surface area contributed by atoms with Crippen LogP contribution in [-0.4, -0.2) is 54.8 Å². The summed E-state index contributed by atoms with van der Waals surface area (Å²) >= 11 is 0. The quantitative estimate of drug-likeness (QED) is 0.874. The van der Waals surface area contributed by atoms with Crippen LogP contribution in [0.1, 0.15) is 29.0 Å². The zero-order chi connectivity index (χ0) is 18.0. The van der Waals surface area contributed by atoms with Gasteiger partial charge in [0.1, 0.15) is 0 Å². The van der Waals surface area contributed by atoms with Gasteiger partial charge in [0.2, 0.25) is 10.0 Å². The molecule has 25 heavy (non-hydrogen) atoms. The summed E-state index contributed by atoms with van der Waals surface area (Å²) in [7, 11) is -3.28. The molecule has 0 aliphatic carbocycles. The highest BCUT2D eigenvalue weighted by atomic mass is 32.2. The summed E-state index contributed by atoms with van der Waals surface area (Å²) in [6.45, 7) is 2.73. The minimum absolute atomic E-state index is 0.117. The minimum Gasteiger partial charge on any atom is -0.337 e. The van der Waals surface area contributed by atoms with Crippen molar-refractivity contribution in [2.24, 2.45) is 0 Å². The Morgan fingerprint density at radius 2 is 2.04 bits per heavy atom. The van der Waals surface area contributed by atoms with Crippen LogP contribution in [-0.2, 0) is 10.0 Å². The average Bonchev–Trinajstić information content (AvgIpc) is 2.99. The fourth-order valence-corrected chi connectivity index (χ4v) is 3.71. The topological polar surface area (TPSA) is 105 Å². The minimum atomic E-state index is -3.28. The molecular weight excluding hydrogens is 344 g/mol. The summed E-state index contributed by atoms with van der Waals surface area (Å²) in [4.78, 5) is 18.5. The second kappa shape index (κ2) is 6.93. The van der Waals surface area contributed by atoms with Crippen molar-refractivity contribution in [2.75, 3.05) is 19.3 Å². The highest BCUT2D eigenvalue weighted by molar-refractivity contribution is 7.88. The Morgan fingerprint density at radius 3 is 2.64 bits per heavy atom. The molecule has 9 heteroatoms. The van der Waals surface area contributed by atoms with E-state index in [-0.39, 0.29) is 11.9 Å². The summed E-state index contributed by atoms with van der Waals surface area (Å²) in [5, 5.41) is 3.74. The Balaban J connectivity index is 1.70. The smallest absolute Gasteiger partial charge is 0.257 e. The number of carbonyl (C=O) groups excluding carboxylic acids is 1. The molecular formula is C16H20N4O4S. The molecule has 8 nitrogen and oxygen atoms in total. The molecule has 0 saturated carbocycles. The van der Waals surface area contributed by atoms with E-state index in [1.807, 2.05) is 0 Å². The number of rotatable bonds is 4. The number of amides is 1. The van der Waals surface area contributed by atoms with Crippen molar-refractivity contribution in [1.29, 1.82) is 0 Å². The molecule has 134 valence electrons. The number of hydrogen-bond acceptors (Lipinski definition) is 6. The molecule has 2 heterocycles. The van der Waals surface area contributed by atoms with Gasteiger partial charge in [0.25, 0.3) is 11.8 Å². The van der Waals surface area contributed by atoms with E-state index in [1.54, 1.807) is 36.1 Å². The Labute approximate surface area is 146 Å². The maximum absolute atomic E-state index is 12.7. The lowest BCUT2D eigenvalue weighted by Crippen LogP contribution is -2.49. The van der Waals surface area contributed by atoms with E-state index in [1.165, 1.54) is 0 Å². The first-order chi connectivity index (χ1) is 11.8. The molecule has 0 bridgehead atoms. The van der Waals surface area contributed by atoms with Crippen LogP contribution in [0.25, 0.3) is 11.5 Å². The van der Waals surface area contributed by atoms with Crippen molar-refractivity contribution in [3.63, 3.8) is 0 Å². The lowest BCUT2D eigenvalue weighted by Gasteiger charge is -2.32. The normalized spacial score (nSPS) is 18.3. The van der Waals surface area contributed by atoms with E-state index in [9.17, 15) is 13.2 Å². The van der Waals surface area contributed by atoms with Gasteiger partial charge in [-0.05, 0) is 44.0 Å². The molecule has 3 rings (SSSR count). The van der Waals surface area contributed by atoms with E-state index in [0.29, 0.717) is 30.4 Å². The van der Waals surface area contributed by atoms with Gasteiger partial charge in [-0.25, -0.2) is 13.1 Å². The van der Waals surface area contributed by atoms with Crippen LogP contribution >= 0.6 is 0 Å². The standard InChI is InChI=1S/C16H20N4O4S/c1-11-17-15(24-18-11)12-5-7-13(8-6-12)16(21)20-9-3-4-14(10-20)19-25(2,22)23/h5-8,14,19H,3-4,9-10H2,1-2H3. The Hall–Kier alpha value is -2.26. The maximum atomic E-state index is 12.7. The first kappa shape index (κ1) is 17.6. The summed E-state index contributed by atoms with van der Waals surface area (Å²) in [5.41, 5.74) is 1.28. The lowest BCUT2D eigenvalue weighted by molar-refractivity contribution is 0.0703. The van der Waals surface area contributed by atoms with Crippen LogP contribution in [0, 0.1) is 6.92 Å². The third-order valence-electron chi connectivity index (χ3n) is 4.00. The van der Waals surface area contributed by atoms with E-state index in [2.05, 4.69) is 14.9 Å². The van der Waals surface area contributed by atoms with E-state index in [0.717, 1.165) is 24.7 Å². The number of sulfonamides is 1. The second-order valence-electron chi connectivity index (χ2n) is 6.20. The third-order valence-corrected chi connectivity index (χ3v) is 4.76. The average molecular weight is 364 g/mol. The van der Waals surface area contributed by atoms with Crippen molar-refractivity contribution in [2.45, 2.75) is 25.8 Å². The molecule has 0 radical (unpaired) electrons. The Bertz CT molecular complexity index is 861. The molecule has 1 aromatic carbocycles. The third kappa shape index (κ3) is 4.43. The highest BCUT2D eigenvalue weighted by Gasteiger charge is 2.26. The number of benzene rings is 1. The summed E-state index contributed by atoms with van der Waals surface area (Å²) in [5.74, 6) is 0.841. The van der Waals surface area contributed by atoms with Crippen LogP contribution in [0.2, 0.25) is 0 Å². The summed E-state index contributed by atoms with van der Waals surface area (Å²) in [6.07, 6.45) is 2.62. The fourth-order valence-electron chi connectivity index (χ4n) is 2.91. The fraction of sp³-hybridized carbons (Fsp3) is 0.438. The SMILES string of the molecule is Cc1noc(-c2ccc(C(=O)N3CCCC(NS(C)(=O)=O)C3)cc2)n1. The van der Waals surface area contributed by atoms with Crippen LogP contribution < -0.4 is 4.72 Å². The summed E-state index contributed by atoms with van der Waals surface area (Å²) < 4.78 is 30.5. The van der Waals surface area contributed by atoms with Gasteiger partial charge >= 0.3 is 0 Å². The van der Waals surface area contributed by atoms with Crippen molar-refractivity contribution >= 4 is 15.9 Å². The molecule has 1 aliphatic heterocycles. The van der Waals surface area contributed by atoms with Gasteiger partial charge in [0.15, 0.2) is 5.82 Å². The maximum Gasteiger partial charge on any atom is 0.257 e. The van der Waals surface area contributed by atoms with E-state index >= 15 is 0 Å². The molecule has 1 N–H and O–H groups in total. The molecule has 1 amide bonds. The predicted octanol–water partition coefficient (Wildman–Crippen LogP) is 1.20. The van der Waals surface area contributed by atoms with Crippen LogP contribution in [0.5, 0.6) is 0 Å². The zero-order valence-electron chi connectivity index (χ0n) is 14.1. The van der Waals surface area contributed by atoms with Gasteiger partial charge in [-0.15, -0.1) is 0 Å². The molecule has 1 unspecified atom stereocenters. The first-order valence-electron chi connectivity index (χ1n) is 7.99. The van der Waals surface area contributed by atoms with Crippen molar-refractivity contribution in [3.8, 4) is 11.5 Å². The summed E-state index contributed by atoms with van der Waals surface area (Å²) in [6, 6.07) is 6.70. The molecule has 1 saturated heterocycles. The number of nitrogens with one attached hydrogen (secondary N) is 1. The number of piperidine rings is 1.